The highest BCUT2D eigenvalue weighted by Crippen LogP contribution is 2.39. The number of benzene rings is 1. The highest BCUT2D eigenvalue weighted by atomic mass is 32.2. The fourth-order valence-corrected chi connectivity index (χ4v) is 6.79. The van der Waals surface area contributed by atoms with Gasteiger partial charge >= 0.3 is 11.9 Å². The van der Waals surface area contributed by atoms with Crippen LogP contribution in [0.4, 0.5) is 5.00 Å². The number of hydrogen-bond donors (Lipinski definition) is 1. The third-order valence-corrected chi connectivity index (χ3v) is 9.18. The van der Waals surface area contributed by atoms with Crippen LogP contribution in [0.1, 0.15) is 49.9 Å². The molecular weight excluding hydrogens is 569 g/mol. The summed E-state index contributed by atoms with van der Waals surface area (Å²) in [7, 11) is 1.87. The number of hydrogen-bond acceptors (Lipinski definition) is 10. The number of ether oxygens (including phenoxy) is 2. The second kappa shape index (κ2) is 12.8. The van der Waals surface area contributed by atoms with E-state index >= 15 is 0 Å². The SMILES string of the molecule is CCOC(=O)c1sc(NC(=O)CSc2nnc(-c3csc(C)c3-c3ccc(C)cc3)n2C)c(C(=O)OCC)c1C. The van der Waals surface area contributed by atoms with Gasteiger partial charge in [-0.2, -0.15) is 0 Å². The maximum Gasteiger partial charge on any atom is 0.348 e. The van der Waals surface area contributed by atoms with Crippen molar-refractivity contribution in [2.45, 2.75) is 39.8 Å². The predicted molar refractivity (Wildman–Crippen MR) is 160 cm³/mol. The van der Waals surface area contributed by atoms with Gasteiger partial charge in [0.1, 0.15) is 9.88 Å². The van der Waals surface area contributed by atoms with Crippen LogP contribution in [0, 0.1) is 20.8 Å². The number of thiophene rings is 2. The molecule has 3 heterocycles. The molecule has 0 unspecified atom stereocenters. The molecule has 0 atom stereocenters. The fourth-order valence-electron chi connectivity index (χ4n) is 4.11. The number of carbonyl (C=O) groups is 3. The molecule has 0 saturated carbocycles. The van der Waals surface area contributed by atoms with E-state index in [1.165, 1.54) is 22.2 Å². The highest BCUT2D eigenvalue weighted by molar-refractivity contribution is 7.99. The minimum absolute atomic E-state index is 0.0212. The molecule has 0 fully saturated rings. The minimum Gasteiger partial charge on any atom is -0.462 e. The molecular formula is C28H30N4O5S3. The van der Waals surface area contributed by atoms with Crippen molar-refractivity contribution in [2.24, 2.45) is 7.05 Å². The molecule has 0 aliphatic heterocycles. The first-order valence-corrected chi connectivity index (χ1v) is 15.3. The number of carbonyl (C=O) groups excluding carboxylic acids is 3. The van der Waals surface area contributed by atoms with Crippen LogP contribution in [0.25, 0.3) is 22.5 Å². The van der Waals surface area contributed by atoms with Crippen molar-refractivity contribution in [3.05, 3.63) is 56.1 Å². The molecule has 0 saturated heterocycles. The molecule has 1 aromatic carbocycles. The summed E-state index contributed by atoms with van der Waals surface area (Å²) < 4.78 is 12.1. The van der Waals surface area contributed by atoms with Gasteiger partial charge in [-0.25, -0.2) is 9.59 Å². The summed E-state index contributed by atoms with van der Waals surface area (Å²) in [6, 6.07) is 8.39. The largest absolute Gasteiger partial charge is 0.462 e. The second-order valence-corrected chi connectivity index (χ2v) is 11.9. The first-order valence-electron chi connectivity index (χ1n) is 12.6. The standard InChI is InChI=1S/C28H30N4O5S3/c1-7-36-26(34)21-16(4)23(27(35)37-8-2)40-25(21)29-20(33)14-39-28-31-30-24(32(28)6)19-13-38-17(5)22(19)18-11-9-15(3)10-12-18/h9-13H,7-8,14H2,1-6H3,(H,29,33). The summed E-state index contributed by atoms with van der Waals surface area (Å²) in [5, 5.41) is 14.4. The summed E-state index contributed by atoms with van der Waals surface area (Å²) in [6.45, 7) is 9.53. The molecule has 0 radical (unpaired) electrons. The van der Waals surface area contributed by atoms with Crippen molar-refractivity contribution in [3.63, 3.8) is 0 Å². The number of esters is 2. The molecule has 0 spiro atoms. The van der Waals surface area contributed by atoms with Crippen molar-refractivity contribution in [1.82, 2.24) is 14.8 Å². The molecule has 9 nitrogen and oxygen atoms in total. The molecule has 1 amide bonds. The Bertz CT molecular complexity index is 1550. The molecule has 4 rings (SSSR count). The molecule has 4 aromatic rings. The third kappa shape index (κ3) is 6.13. The Balaban J connectivity index is 1.52. The van der Waals surface area contributed by atoms with Crippen LogP contribution in [-0.4, -0.2) is 51.6 Å². The molecule has 0 aliphatic rings. The Kier molecular flexibility index (Phi) is 9.44. The molecule has 12 heteroatoms. The van der Waals surface area contributed by atoms with Gasteiger partial charge in [0, 0.05) is 28.4 Å². The van der Waals surface area contributed by atoms with Crippen LogP contribution in [0.15, 0.2) is 34.8 Å². The summed E-state index contributed by atoms with van der Waals surface area (Å²) in [4.78, 5) is 39.4. The number of aryl methyl sites for hydroxylation is 2. The highest BCUT2D eigenvalue weighted by Gasteiger charge is 2.27. The third-order valence-electron chi connectivity index (χ3n) is 6.06. The first-order chi connectivity index (χ1) is 19.2. The lowest BCUT2D eigenvalue weighted by atomic mass is 10.0. The molecule has 210 valence electrons. The molecule has 1 N–H and O–H groups in total. The van der Waals surface area contributed by atoms with Crippen molar-refractivity contribution >= 4 is 57.3 Å². The van der Waals surface area contributed by atoms with E-state index in [1.807, 2.05) is 11.6 Å². The number of nitrogens with one attached hydrogen (secondary N) is 1. The number of aromatic nitrogens is 3. The van der Waals surface area contributed by atoms with Crippen molar-refractivity contribution in [2.75, 3.05) is 24.3 Å². The zero-order valence-electron chi connectivity index (χ0n) is 23.1. The topological polar surface area (TPSA) is 112 Å². The summed E-state index contributed by atoms with van der Waals surface area (Å²) in [5.41, 5.74) is 4.98. The van der Waals surface area contributed by atoms with E-state index in [1.54, 1.807) is 32.1 Å². The average Bonchev–Trinajstić information content (AvgIpc) is 3.58. The van der Waals surface area contributed by atoms with Crippen LogP contribution in [0.2, 0.25) is 0 Å². The average molecular weight is 599 g/mol. The van der Waals surface area contributed by atoms with E-state index < -0.39 is 11.9 Å². The predicted octanol–water partition coefficient (Wildman–Crippen LogP) is 6.28. The van der Waals surface area contributed by atoms with Crippen molar-refractivity contribution < 1.29 is 23.9 Å². The van der Waals surface area contributed by atoms with Crippen LogP contribution in [-0.2, 0) is 21.3 Å². The van der Waals surface area contributed by atoms with Crippen molar-refractivity contribution in [3.8, 4) is 22.5 Å². The van der Waals surface area contributed by atoms with Gasteiger partial charge in [0.25, 0.3) is 0 Å². The molecule has 40 heavy (non-hydrogen) atoms. The maximum atomic E-state index is 12.9. The van der Waals surface area contributed by atoms with Gasteiger partial charge < -0.3 is 19.4 Å². The van der Waals surface area contributed by atoms with Crippen LogP contribution < -0.4 is 5.32 Å². The zero-order valence-corrected chi connectivity index (χ0v) is 25.6. The normalized spacial score (nSPS) is 10.9. The summed E-state index contributed by atoms with van der Waals surface area (Å²) in [6.07, 6.45) is 0. The number of rotatable bonds is 10. The summed E-state index contributed by atoms with van der Waals surface area (Å²) in [5.74, 6) is -0.786. The zero-order chi connectivity index (χ0) is 29.0. The Morgan fingerprint density at radius 1 is 1.00 bits per heavy atom. The van der Waals surface area contributed by atoms with E-state index in [9.17, 15) is 14.4 Å². The monoisotopic (exact) mass is 598 g/mol. The number of anilines is 1. The van der Waals surface area contributed by atoms with Gasteiger partial charge in [-0.05, 0) is 45.7 Å². The van der Waals surface area contributed by atoms with Gasteiger partial charge in [0.15, 0.2) is 11.0 Å². The Morgan fingerprint density at radius 3 is 2.35 bits per heavy atom. The van der Waals surface area contributed by atoms with E-state index in [0.29, 0.717) is 16.5 Å². The van der Waals surface area contributed by atoms with Crippen LogP contribution >= 0.6 is 34.4 Å². The van der Waals surface area contributed by atoms with Crippen molar-refractivity contribution in [1.29, 1.82) is 0 Å². The smallest absolute Gasteiger partial charge is 0.348 e. The Hall–Kier alpha value is -3.48. The van der Waals surface area contributed by atoms with Gasteiger partial charge in [-0.3, -0.25) is 4.79 Å². The first kappa shape index (κ1) is 29.5. The van der Waals surface area contributed by atoms with E-state index in [-0.39, 0.29) is 40.3 Å². The lowest BCUT2D eigenvalue weighted by molar-refractivity contribution is -0.113. The lowest BCUT2D eigenvalue weighted by Crippen LogP contribution is -2.16. The van der Waals surface area contributed by atoms with E-state index in [2.05, 4.69) is 59.0 Å². The van der Waals surface area contributed by atoms with E-state index in [4.69, 9.17) is 9.47 Å². The quantitative estimate of drug-likeness (QED) is 0.168. The van der Waals surface area contributed by atoms with Crippen LogP contribution in [0.3, 0.4) is 0 Å². The lowest BCUT2D eigenvalue weighted by Gasteiger charge is -2.08. The minimum atomic E-state index is -0.608. The number of nitrogens with zero attached hydrogens (tertiary/aromatic N) is 3. The van der Waals surface area contributed by atoms with Gasteiger partial charge in [-0.15, -0.1) is 32.9 Å². The molecule has 0 bridgehead atoms. The Labute approximate surface area is 244 Å². The fraction of sp³-hybridized carbons (Fsp3) is 0.321. The van der Waals surface area contributed by atoms with Gasteiger partial charge in [0.05, 0.1) is 24.5 Å². The maximum absolute atomic E-state index is 12.9. The second-order valence-electron chi connectivity index (χ2n) is 8.85. The molecule has 3 aromatic heterocycles. The number of amides is 1. The van der Waals surface area contributed by atoms with Crippen LogP contribution in [0.5, 0.6) is 0 Å². The Morgan fingerprint density at radius 2 is 1.68 bits per heavy atom. The number of thioether (sulfide) groups is 1. The van der Waals surface area contributed by atoms with Gasteiger partial charge in [-0.1, -0.05) is 41.6 Å². The molecule has 0 aliphatic carbocycles. The van der Waals surface area contributed by atoms with E-state index in [0.717, 1.165) is 28.0 Å². The van der Waals surface area contributed by atoms with Gasteiger partial charge in [0.2, 0.25) is 5.91 Å². The summed E-state index contributed by atoms with van der Waals surface area (Å²) >= 11 is 3.88.